The lowest BCUT2D eigenvalue weighted by molar-refractivity contribution is -0.137. The van der Waals surface area contributed by atoms with Crippen LogP contribution in [-0.4, -0.2) is 43.4 Å². The molecular weight excluding hydrogens is 540 g/mol. The van der Waals surface area contributed by atoms with Crippen molar-refractivity contribution in [2.45, 2.75) is 64.2 Å². The van der Waals surface area contributed by atoms with Crippen LogP contribution in [0.15, 0.2) is 76.3 Å². The van der Waals surface area contributed by atoms with Crippen molar-refractivity contribution in [2.24, 2.45) is 10.4 Å². The van der Waals surface area contributed by atoms with E-state index in [0.29, 0.717) is 29.8 Å². The molecule has 0 spiro atoms. The molecule has 2 aliphatic rings. The summed E-state index contributed by atoms with van der Waals surface area (Å²) in [7, 11) is -2.37. The van der Waals surface area contributed by atoms with Crippen LogP contribution in [0.2, 0.25) is 0 Å². The Hall–Kier alpha value is -3.69. The Morgan fingerprint density at radius 1 is 1.17 bits per heavy atom. The van der Waals surface area contributed by atoms with Crippen molar-refractivity contribution in [1.29, 1.82) is 0 Å². The quantitative estimate of drug-likeness (QED) is 0.309. The van der Waals surface area contributed by atoms with Gasteiger partial charge in [0, 0.05) is 48.2 Å². The van der Waals surface area contributed by atoms with E-state index in [1.165, 1.54) is 12.1 Å². The second kappa shape index (κ2) is 11.3. The van der Waals surface area contributed by atoms with Gasteiger partial charge in [0.2, 0.25) is 0 Å². The lowest BCUT2D eigenvalue weighted by Gasteiger charge is -2.29. The zero-order valence-corrected chi connectivity index (χ0v) is 25.2. The molecule has 8 nitrogen and oxygen atoms in total. The summed E-state index contributed by atoms with van der Waals surface area (Å²) in [6, 6.07) is 10.5. The van der Waals surface area contributed by atoms with Crippen LogP contribution in [0.4, 0.5) is 11.4 Å². The second-order valence-corrected chi connectivity index (χ2v) is 13.2. The molecule has 0 radical (unpaired) electrons. The summed E-state index contributed by atoms with van der Waals surface area (Å²) in [5.41, 5.74) is 4.00. The van der Waals surface area contributed by atoms with Crippen molar-refractivity contribution < 1.29 is 27.6 Å². The van der Waals surface area contributed by atoms with E-state index >= 15 is 0 Å². The molecular formula is C32H38N2O6S. The molecule has 1 atom stereocenters. The van der Waals surface area contributed by atoms with E-state index < -0.39 is 21.5 Å². The van der Waals surface area contributed by atoms with Crippen molar-refractivity contribution in [3.63, 3.8) is 0 Å². The minimum absolute atomic E-state index is 0.0175. The third-order valence-corrected chi connectivity index (χ3v) is 8.55. The van der Waals surface area contributed by atoms with E-state index in [1.54, 1.807) is 6.07 Å². The van der Waals surface area contributed by atoms with Gasteiger partial charge in [-0.05, 0) is 80.3 Å². The molecule has 0 saturated heterocycles. The topological polar surface area (TPSA) is 117 Å². The Labute approximate surface area is 242 Å². The Balaban J connectivity index is 1.74. The highest BCUT2D eigenvalue weighted by molar-refractivity contribution is 7.85. The number of benzene rings is 2. The Morgan fingerprint density at radius 2 is 1.90 bits per heavy atom. The van der Waals surface area contributed by atoms with Crippen molar-refractivity contribution >= 4 is 38.7 Å². The first kappa shape index (κ1) is 30.3. The molecule has 9 heteroatoms. The zero-order chi connectivity index (χ0) is 30.2. The molecule has 41 heavy (non-hydrogen) atoms. The molecule has 2 N–H and O–H groups in total. The van der Waals surface area contributed by atoms with Gasteiger partial charge in [0.1, 0.15) is 11.5 Å². The van der Waals surface area contributed by atoms with E-state index in [4.69, 9.17) is 9.73 Å². The van der Waals surface area contributed by atoms with Gasteiger partial charge in [-0.3, -0.25) is 14.3 Å². The third-order valence-electron chi connectivity index (χ3n) is 7.70. The van der Waals surface area contributed by atoms with Crippen LogP contribution >= 0.6 is 0 Å². The number of rotatable bonds is 9. The molecule has 4 rings (SSSR count). The minimum atomic E-state index is -4.41. The van der Waals surface area contributed by atoms with Crippen molar-refractivity contribution in [2.75, 3.05) is 18.5 Å². The van der Waals surface area contributed by atoms with Crippen molar-refractivity contribution in [3.8, 4) is 5.75 Å². The summed E-state index contributed by atoms with van der Waals surface area (Å²) in [5.74, 6) is 0.740. The summed E-state index contributed by atoms with van der Waals surface area (Å²) >= 11 is 0. The third kappa shape index (κ3) is 6.47. The van der Waals surface area contributed by atoms with Gasteiger partial charge in [-0.2, -0.15) is 8.42 Å². The summed E-state index contributed by atoms with van der Waals surface area (Å²) in [6.07, 6.45) is 8.66. The second-order valence-electron chi connectivity index (χ2n) is 11.8. The van der Waals surface area contributed by atoms with Crippen LogP contribution in [-0.2, 0) is 20.3 Å². The Bertz CT molecular complexity index is 1590. The number of aliphatic carboxylic acids is 1. The number of nitrogens with zero attached hydrogens (tertiary/aromatic N) is 2. The number of hydrogen-bond donors (Lipinski definition) is 2. The number of carboxylic acid groups (broad SMARTS) is 1. The largest absolute Gasteiger partial charge is 0.481 e. The van der Waals surface area contributed by atoms with Gasteiger partial charge in [0.05, 0.1) is 16.3 Å². The van der Waals surface area contributed by atoms with Gasteiger partial charge in [-0.15, -0.1) is 0 Å². The summed E-state index contributed by atoms with van der Waals surface area (Å²) in [5, 5.41) is 9.21. The molecule has 2 heterocycles. The van der Waals surface area contributed by atoms with Crippen LogP contribution in [0.25, 0.3) is 5.57 Å². The Kier molecular flexibility index (Phi) is 8.34. The molecule has 0 bridgehead atoms. The molecule has 0 amide bonds. The SMILES string of the molecule is CCN(C)c1ccc2c(c1)OC(C(C)(C)C)=C/C2=C\C=C\C1=Nc2ccc(S(=O)(=O)O)cc2C1(C)CCCC(=O)O. The van der Waals surface area contributed by atoms with Crippen LogP contribution in [0.1, 0.15) is 65.0 Å². The predicted molar refractivity (Wildman–Crippen MR) is 163 cm³/mol. The van der Waals surface area contributed by atoms with Gasteiger partial charge < -0.3 is 14.7 Å². The van der Waals surface area contributed by atoms with Gasteiger partial charge in [-0.1, -0.05) is 32.9 Å². The van der Waals surface area contributed by atoms with Gasteiger partial charge >= 0.3 is 5.97 Å². The maximum Gasteiger partial charge on any atom is 0.303 e. The van der Waals surface area contributed by atoms with Crippen LogP contribution in [0.3, 0.4) is 0 Å². The maximum atomic E-state index is 11.8. The first-order valence-corrected chi connectivity index (χ1v) is 15.1. The fraction of sp³-hybridized carbons (Fsp3) is 0.375. The van der Waals surface area contributed by atoms with Crippen LogP contribution in [0, 0.1) is 5.41 Å². The average Bonchev–Trinajstić information content (AvgIpc) is 3.17. The number of fused-ring (bicyclic) bond motifs is 2. The van der Waals surface area contributed by atoms with Gasteiger partial charge in [0.15, 0.2) is 0 Å². The fourth-order valence-corrected chi connectivity index (χ4v) is 5.56. The molecule has 218 valence electrons. The molecule has 1 unspecified atom stereocenters. The van der Waals surface area contributed by atoms with Crippen LogP contribution < -0.4 is 9.64 Å². The lowest BCUT2D eigenvalue weighted by atomic mass is 9.75. The smallest absolute Gasteiger partial charge is 0.303 e. The zero-order valence-electron chi connectivity index (χ0n) is 24.4. The van der Waals surface area contributed by atoms with E-state index in [9.17, 15) is 22.9 Å². The van der Waals surface area contributed by atoms with E-state index in [1.807, 2.05) is 38.3 Å². The van der Waals surface area contributed by atoms with E-state index in [-0.39, 0.29) is 16.7 Å². The molecule has 0 aliphatic carbocycles. The molecule has 2 aromatic carbocycles. The molecule has 0 fully saturated rings. The van der Waals surface area contributed by atoms with Gasteiger partial charge in [0.25, 0.3) is 10.1 Å². The minimum Gasteiger partial charge on any atom is -0.481 e. The number of aliphatic imine (C=N–C) groups is 1. The average molecular weight is 579 g/mol. The number of allylic oxidation sites excluding steroid dienone is 6. The normalized spacial score (nSPS) is 19.4. The standard InChI is InChI=1S/C32H38N2O6S/c1-7-34(6)22-13-15-24-21(18-29(31(2,3)4)40-27(24)19-22)10-8-11-28-32(5,17-9-12-30(35)36)25-20-23(41(37,38)39)14-16-26(25)33-28/h8,10-11,13-16,18-20H,7,9,12,17H2,1-6H3,(H,35,36)(H,37,38,39)/b11-8+,21-10+. The van der Waals surface area contributed by atoms with Gasteiger partial charge in [-0.25, -0.2) is 0 Å². The predicted octanol–water partition coefficient (Wildman–Crippen LogP) is 6.95. The molecule has 0 saturated carbocycles. The molecule has 2 aromatic rings. The highest BCUT2D eigenvalue weighted by Gasteiger charge is 2.38. The highest BCUT2D eigenvalue weighted by atomic mass is 32.2. The monoisotopic (exact) mass is 578 g/mol. The number of hydrogen-bond acceptors (Lipinski definition) is 6. The number of anilines is 1. The summed E-state index contributed by atoms with van der Waals surface area (Å²) < 4.78 is 39.7. The maximum absolute atomic E-state index is 11.8. The van der Waals surface area contributed by atoms with Crippen LogP contribution in [0.5, 0.6) is 5.75 Å². The molecule has 2 aliphatic heterocycles. The first-order chi connectivity index (χ1) is 19.1. The number of ether oxygens (including phenoxy) is 1. The number of carbonyl (C=O) groups is 1. The summed E-state index contributed by atoms with van der Waals surface area (Å²) in [6.45, 7) is 11.2. The van der Waals surface area contributed by atoms with Crippen molar-refractivity contribution in [1.82, 2.24) is 0 Å². The fourth-order valence-electron chi connectivity index (χ4n) is 5.05. The number of carboxylic acids is 1. The van der Waals surface area contributed by atoms with E-state index in [2.05, 4.69) is 50.8 Å². The van der Waals surface area contributed by atoms with E-state index in [0.717, 1.165) is 34.9 Å². The molecule has 0 aromatic heterocycles. The van der Waals surface area contributed by atoms with Crippen molar-refractivity contribution in [3.05, 3.63) is 77.6 Å². The highest BCUT2D eigenvalue weighted by Crippen LogP contribution is 2.45. The summed E-state index contributed by atoms with van der Waals surface area (Å²) in [4.78, 5) is 17.9. The first-order valence-electron chi connectivity index (χ1n) is 13.7. The lowest BCUT2D eigenvalue weighted by Crippen LogP contribution is -2.28. The Morgan fingerprint density at radius 3 is 2.54 bits per heavy atom.